The maximum Gasteiger partial charge on any atom is 0.200 e. The van der Waals surface area contributed by atoms with Crippen LogP contribution < -0.4 is 0 Å². The van der Waals surface area contributed by atoms with E-state index >= 15 is 0 Å². The molecule has 9 heavy (non-hydrogen) atoms. The van der Waals surface area contributed by atoms with Crippen molar-refractivity contribution in [3.8, 4) is 0 Å². The SMILES string of the molecule is COC(CO)(CBr)OC. The van der Waals surface area contributed by atoms with Gasteiger partial charge in [0.15, 0.2) is 0 Å². The van der Waals surface area contributed by atoms with Gasteiger partial charge in [0, 0.05) is 14.2 Å². The number of hydrogen-bond acceptors (Lipinski definition) is 3. The lowest BCUT2D eigenvalue weighted by Gasteiger charge is -2.25. The average molecular weight is 199 g/mol. The van der Waals surface area contributed by atoms with Gasteiger partial charge in [-0.1, -0.05) is 15.9 Å². The molecule has 0 aromatic heterocycles. The molecule has 0 heterocycles. The first kappa shape index (κ1) is 9.36. The Morgan fingerprint density at radius 3 is 1.89 bits per heavy atom. The van der Waals surface area contributed by atoms with E-state index in [2.05, 4.69) is 15.9 Å². The summed E-state index contributed by atoms with van der Waals surface area (Å²) >= 11 is 3.14. The number of hydrogen-bond donors (Lipinski definition) is 1. The van der Waals surface area contributed by atoms with E-state index in [0.717, 1.165) is 0 Å². The lowest BCUT2D eigenvalue weighted by atomic mass is 10.3. The fourth-order valence-corrected chi connectivity index (χ4v) is 0.999. The molecule has 0 aromatic rings. The molecule has 3 nitrogen and oxygen atoms in total. The summed E-state index contributed by atoms with van der Waals surface area (Å²) < 4.78 is 9.73. The molecule has 0 spiro atoms. The molecule has 0 saturated carbocycles. The van der Waals surface area contributed by atoms with Crippen LogP contribution >= 0.6 is 15.9 Å². The molecule has 56 valence electrons. The third-order valence-electron chi connectivity index (χ3n) is 1.19. The second-order valence-electron chi connectivity index (χ2n) is 1.61. The Morgan fingerprint density at radius 2 is 1.89 bits per heavy atom. The molecular weight excluding hydrogens is 188 g/mol. The summed E-state index contributed by atoms with van der Waals surface area (Å²) in [7, 11) is 2.97. The van der Waals surface area contributed by atoms with E-state index in [4.69, 9.17) is 14.6 Å². The van der Waals surface area contributed by atoms with E-state index in [0.29, 0.717) is 5.33 Å². The summed E-state index contributed by atoms with van der Waals surface area (Å²) in [5, 5.41) is 9.16. The Kier molecular flexibility index (Phi) is 4.39. The molecule has 0 rings (SSSR count). The molecule has 0 radical (unpaired) electrons. The maximum absolute atomic E-state index is 8.70. The van der Waals surface area contributed by atoms with Gasteiger partial charge in [-0.2, -0.15) is 0 Å². The van der Waals surface area contributed by atoms with Gasteiger partial charge in [0.2, 0.25) is 5.79 Å². The molecule has 4 heteroatoms. The average Bonchev–Trinajstić information content (AvgIpc) is 1.95. The molecular formula is C5H11BrO3. The van der Waals surface area contributed by atoms with Crippen molar-refractivity contribution in [3.63, 3.8) is 0 Å². The normalized spacial score (nSPS) is 12.0. The molecule has 0 bridgehead atoms. The van der Waals surface area contributed by atoms with Crippen LogP contribution in [-0.2, 0) is 9.47 Å². The lowest BCUT2D eigenvalue weighted by Crippen LogP contribution is -2.39. The van der Waals surface area contributed by atoms with Crippen LogP contribution in [-0.4, -0.2) is 37.1 Å². The van der Waals surface area contributed by atoms with Crippen LogP contribution in [0, 0.1) is 0 Å². The number of aliphatic hydroxyl groups excluding tert-OH is 1. The van der Waals surface area contributed by atoms with Crippen molar-refractivity contribution in [2.45, 2.75) is 5.79 Å². The summed E-state index contributed by atoms with van der Waals surface area (Å²) in [5.41, 5.74) is 0. The van der Waals surface area contributed by atoms with Crippen molar-refractivity contribution in [2.75, 3.05) is 26.2 Å². The van der Waals surface area contributed by atoms with Crippen molar-refractivity contribution in [1.82, 2.24) is 0 Å². The van der Waals surface area contributed by atoms with Gasteiger partial charge < -0.3 is 14.6 Å². The molecule has 0 atom stereocenters. The summed E-state index contributed by atoms with van der Waals surface area (Å²) in [6.45, 7) is -0.148. The van der Waals surface area contributed by atoms with Crippen molar-refractivity contribution in [1.29, 1.82) is 0 Å². The van der Waals surface area contributed by atoms with Gasteiger partial charge in [-0.05, 0) is 0 Å². The Labute approximate surface area is 63.1 Å². The van der Waals surface area contributed by atoms with Crippen molar-refractivity contribution < 1.29 is 14.6 Å². The van der Waals surface area contributed by atoms with Crippen LogP contribution in [0.2, 0.25) is 0 Å². The smallest absolute Gasteiger partial charge is 0.200 e. The molecule has 0 saturated heterocycles. The van der Waals surface area contributed by atoms with Crippen LogP contribution in [0.5, 0.6) is 0 Å². The van der Waals surface area contributed by atoms with Gasteiger partial charge in [-0.25, -0.2) is 0 Å². The minimum atomic E-state index is -0.861. The molecule has 0 aromatic carbocycles. The van der Waals surface area contributed by atoms with Gasteiger partial charge >= 0.3 is 0 Å². The van der Waals surface area contributed by atoms with E-state index < -0.39 is 5.79 Å². The quantitative estimate of drug-likeness (QED) is 0.524. The molecule has 0 aliphatic rings. The standard InChI is InChI=1S/C5H11BrO3/c1-8-5(3-6,4-7)9-2/h7H,3-4H2,1-2H3. The van der Waals surface area contributed by atoms with Gasteiger partial charge in [0.1, 0.15) is 0 Å². The first-order valence-electron chi connectivity index (χ1n) is 2.52. The highest BCUT2D eigenvalue weighted by molar-refractivity contribution is 9.09. The molecule has 0 aliphatic heterocycles. The second-order valence-corrected chi connectivity index (χ2v) is 2.17. The van der Waals surface area contributed by atoms with Crippen LogP contribution in [0.3, 0.4) is 0 Å². The van der Waals surface area contributed by atoms with Gasteiger partial charge in [0.25, 0.3) is 0 Å². The maximum atomic E-state index is 8.70. The van der Waals surface area contributed by atoms with Crippen LogP contribution in [0.15, 0.2) is 0 Å². The summed E-state index contributed by atoms with van der Waals surface area (Å²) in [6, 6.07) is 0. The number of ether oxygens (including phenoxy) is 2. The van der Waals surface area contributed by atoms with E-state index in [1.54, 1.807) is 0 Å². The second kappa shape index (κ2) is 4.22. The van der Waals surface area contributed by atoms with Gasteiger partial charge in [-0.15, -0.1) is 0 Å². The fraction of sp³-hybridized carbons (Fsp3) is 1.00. The Morgan fingerprint density at radius 1 is 1.44 bits per heavy atom. The van der Waals surface area contributed by atoms with Crippen LogP contribution in [0.25, 0.3) is 0 Å². The highest BCUT2D eigenvalue weighted by Gasteiger charge is 2.26. The van der Waals surface area contributed by atoms with E-state index in [9.17, 15) is 0 Å². The lowest BCUT2D eigenvalue weighted by molar-refractivity contribution is -0.209. The number of rotatable bonds is 4. The molecule has 1 N–H and O–H groups in total. The minimum absolute atomic E-state index is 0.148. The van der Waals surface area contributed by atoms with Crippen molar-refractivity contribution in [3.05, 3.63) is 0 Å². The van der Waals surface area contributed by atoms with Crippen molar-refractivity contribution >= 4 is 15.9 Å². The molecule has 0 fully saturated rings. The zero-order chi connectivity index (χ0) is 7.33. The van der Waals surface area contributed by atoms with E-state index in [1.807, 2.05) is 0 Å². The van der Waals surface area contributed by atoms with Crippen LogP contribution in [0.1, 0.15) is 0 Å². The molecule has 0 unspecified atom stereocenters. The summed E-state index contributed by atoms with van der Waals surface area (Å²) in [6.07, 6.45) is 0. The van der Waals surface area contributed by atoms with E-state index in [-0.39, 0.29) is 6.61 Å². The predicted octanol–water partition coefficient (Wildman–Crippen LogP) is 0.363. The minimum Gasteiger partial charge on any atom is -0.391 e. The third kappa shape index (κ3) is 2.21. The predicted molar refractivity (Wildman–Crippen MR) is 37.6 cm³/mol. The Hall–Kier alpha value is 0.360. The summed E-state index contributed by atoms with van der Waals surface area (Å²) in [4.78, 5) is 0. The highest BCUT2D eigenvalue weighted by atomic mass is 79.9. The molecule has 0 aliphatic carbocycles. The van der Waals surface area contributed by atoms with Crippen molar-refractivity contribution in [2.24, 2.45) is 0 Å². The number of methoxy groups -OCH3 is 2. The fourth-order valence-electron chi connectivity index (χ4n) is 0.364. The van der Waals surface area contributed by atoms with Crippen LogP contribution in [0.4, 0.5) is 0 Å². The first-order chi connectivity index (χ1) is 4.24. The monoisotopic (exact) mass is 198 g/mol. The summed E-state index contributed by atoms with van der Waals surface area (Å²) in [5.74, 6) is -0.861. The zero-order valence-electron chi connectivity index (χ0n) is 5.56. The molecule has 0 amide bonds. The third-order valence-corrected chi connectivity index (χ3v) is 2.04. The number of halogens is 1. The highest BCUT2D eigenvalue weighted by Crippen LogP contribution is 2.12. The largest absolute Gasteiger partial charge is 0.391 e. The Balaban J connectivity index is 3.82. The number of aliphatic hydroxyl groups is 1. The van der Waals surface area contributed by atoms with E-state index in [1.165, 1.54) is 14.2 Å². The number of alkyl halides is 1. The van der Waals surface area contributed by atoms with Gasteiger partial charge in [0.05, 0.1) is 11.9 Å². The van der Waals surface area contributed by atoms with Gasteiger partial charge in [-0.3, -0.25) is 0 Å². The topological polar surface area (TPSA) is 38.7 Å². The zero-order valence-corrected chi connectivity index (χ0v) is 7.14. The first-order valence-corrected chi connectivity index (χ1v) is 3.64. The Bertz CT molecular complexity index is 55.1.